The van der Waals surface area contributed by atoms with E-state index in [1.807, 2.05) is 62.5 Å². The Morgan fingerprint density at radius 3 is 2.61 bits per heavy atom. The van der Waals surface area contributed by atoms with E-state index in [0.717, 1.165) is 21.9 Å². The van der Waals surface area contributed by atoms with Crippen molar-refractivity contribution in [2.24, 2.45) is 10.9 Å². The molecule has 2 heterocycles. The predicted molar refractivity (Wildman–Crippen MR) is 122 cm³/mol. The van der Waals surface area contributed by atoms with Crippen LogP contribution in [0.4, 0.5) is 0 Å². The first-order valence-corrected chi connectivity index (χ1v) is 11.5. The number of esters is 1. The number of carbonyl (C=O) groups is 2. The molecule has 6 heteroatoms. The maximum atomic E-state index is 13.5. The number of ketones is 1. The fourth-order valence-electron chi connectivity index (χ4n) is 4.67. The van der Waals surface area contributed by atoms with Gasteiger partial charge in [0.2, 0.25) is 0 Å². The minimum atomic E-state index is -0.577. The summed E-state index contributed by atoms with van der Waals surface area (Å²) in [6.45, 7) is 5.54. The van der Waals surface area contributed by atoms with Crippen molar-refractivity contribution in [2.75, 3.05) is 7.11 Å². The van der Waals surface area contributed by atoms with E-state index < -0.39 is 5.92 Å². The van der Waals surface area contributed by atoms with E-state index in [-0.39, 0.29) is 29.7 Å². The van der Waals surface area contributed by atoms with Gasteiger partial charge in [0.05, 0.1) is 13.2 Å². The number of thiophene rings is 1. The van der Waals surface area contributed by atoms with Crippen LogP contribution in [-0.2, 0) is 14.3 Å². The highest BCUT2D eigenvalue weighted by molar-refractivity contribution is 7.10. The van der Waals surface area contributed by atoms with E-state index in [0.29, 0.717) is 24.1 Å². The van der Waals surface area contributed by atoms with Crippen LogP contribution in [0.3, 0.4) is 0 Å². The standard InChI is InChI=1S/C25H27NO4S/c1-14(2)30-25(28)22-15(3)26-18-12-16(17-8-5-6-9-20(17)29-4)13-19(27)23(18)24(22)21-10-7-11-31-21/h5-11,14,16,22,24H,12-13H2,1-4H3. The van der Waals surface area contributed by atoms with Crippen LogP contribution in [0.1, 0.15) is 55.9 Å². The van der Waals surface area contributed by atoms with Gasteiger partial charge in [-0.2, -0.15) is 0 Å². The third-order valence-corrected chi connectivity index (χ3v) is 6.88. The topological polar surface area (TPSA) is 65.0 Å². The number of aliphatic imine (C=N–C) groups is 1. The van der Waals surface area contributed by atoms with E-state index in [4.69, 9.17) is 14.5 Å². The summed E-state index contributed by atoms with van der Waals surface area (Å²) in [4.78, 5) is 32.3. The summed E-state index contributed by atoms with van der Waals surface area (Å²) in [7, 11) is 1.65. The summed E-state index contributed by atoms with van der Waals surface area (Å²) in [6, 6.07) is 11.8. The summed E-state index contributed by atoms with van der Waals surface area (Å²) in [5.74, 6) is -0.400. The van der Waals surface area contributed by atoms with E-state index in [1.54, 1.807) is 18.4 Å². The van der Waals surface area contributed by atoms with Crippen LogP contribution in [-0.4, -0.2) is 30.7 Å². The van der Waals surface area contributed by atoms with Crippen molar-refractivity contribution in [2.45, 2.75) is 51.6 Å². The van der Waals surface area contributed by atoms with Crippen LogP contribution in [0.25, 0.3) is 0 Å². The molecule has 0 fully saturated rings. The Hall–Kier alpha value is -2.73. The molecular formula is C25H27NO4S. The van der Waals surface area contributed by atoms with Gasteiger partial charge in [-0.25, -0.2) is 0 Å². The lowest BCUT2D eigenvalue weighted by Crippen LogP contribution is -2.38. The highest BCUT2D eigenvalue weighted by Crippen LogP contribution is 2.48. The molecule has 31 heavy (non-hydrogen) atoms. The Morgan fingerprint density at radius 1 is 1.16 bits per heavy atom. The summed E-state index contributed by atoms with van der Waals surface area (Å²) in [5.41, 5.74) is 3.18. The molecule has 162 valence electrons. The first-order valence-electron chi connectivity index (χ1n) is 10.6. The average molecular weight is 438 g/mol. The fraction of sp³-hybridized carbons (Fsp3) is 0.400. The number of nitrogens with zero attached hydrogens (tertiary/aromatic N) is 1. The molecule has 2 aliphatic rings. The van der Waals surface area contributed by atoms with Crippen molar-refractivity contribution in [1.29, 1.82) is 0 Å². The Labute approximate surface area is 186 Å². The molecule has 0 saturated heterocycles. The summed E-state index contributed by atoms with van der Waals surface area (Å²) in [5, 5.41) is 1.98. The third-order valence-electron chi connectivity index (χ3n) is 5.92. The first kappa shape index (κ1) is 21.5. The second-order valence-electron chi connectivity index (χ2n) is 8.34. The maximum absolute atomic E-state index is 13.5. The normalized spacial score (nSPS) is 23.5. The Balaban J connectivity index is 1.77. The van der Waals surface area contributed by atoms with Crippen molar-refractivity contribution < 1.29 is 19.1 Å². The average Bonchev–Trinajstić information content (AvgIpc) is 3.26. The lowest BCUT2D eigenvalue weighted by molar-refractivity contribution is -0.150. The minimum Gasteiger partial charge on any atom is -0.496 e. The number of para-hydroxylation sites is 1. The molecular weight excluding hydrogens is 410 g/mol. The van der Waals surface area contributed by atoms with Gasteiger partial charge in [0, 0.05) is 40.1 Å². The number of hydrogen-bond donors (Lipinski definition) is 0. The molecule has 3 unspecified atom stereocenters. The number of rotatable bonds is 5. The Kier molecular flexibility index (Phi) is 6.10. The zero-order valence-electron chi connectivity index (χ0n) is 18.3. The number of carbonyl (C=O) groups excluding carboxylic acids is 2. The highest BCUT2D eigenvalue weighted by atomic mass is 32.1. The predicted octanol–water partition coefficient (Wildman–Crippen LogP) is 5.28. The number of ether oxygens (including phenoxy) is 2. The van der Waals surface area contributed by atoms with Gasteiger partial charge in [-0.15, -0.1) is 11.3 Å². The van der Waals surface area contributed by atoms with Gasteiger partial charge in [0.1, 0.15) is 11.7 Å². The lowest BCUT2D eigenvalue weighted by Gasteiger charge is -2.36. The maximum Gasteiger partial charge on any atom is 0.315 e. The van der Waals surface area contributed by atoms with Crippen LogP contribution in [0.5, 0.6) is 5.75 Å². The van der Waals surface area contributed by atoms with Gasteiger partial charge in [0.25, 0.3) is 0 Å². The summed E-state index contributed by atoms with van der Waals surface area (Å²) < 4.78 is 11.1. The second-order valence-corrected chi connectivity index (χ2v) is 9.32. The molecule has 5 nitrogen and oxygen atoms in total. The fourth-order valence-corrected chi connectivity index (χ4v) is 5.54. The Bertz CT molecular complexity index is 1050. The summed E-state index contributed by atoms with van der Waals surface area (Å²) >= 11 is 1.56. The highest BCUT2D eigenvalue weighted by Gasteiger charge is 2.45. The molecule has 1 aliphatic heterocycles. The molecule has 0 amide bonds. The van der Waals surface area contributed by atoms with Gasteiger partial charge in [-0.3, -0.25) is 14.6 Å². The van der Waals surface area contributed by atoms with Gasteiger partial charge in [-0.1, -0.05) is 24.3 Å². The molecule has 4 rings (SSSR count). The molecule has 0 radical (unpaired) electrons. The van der Waals surface area contributed by atoms with Crippen LogP contribution < -0.4 is 4.74 Å². The largest absolute Gasteiger partial charge is 0.496 e. The van der Waals surface area contributed by atoms with Crippen molar-refractivity contribution in [3.05, 3.63) is 63.5 Å². The zero-order chi connectivity index (χ0) is 22.1. The Morgan fingerprint density at radius 2 is 1.94 bits per heavy atom. The van der Waals surface area contributed by atoms with Gasteiger partial charge in [-0.05, 0) is 50.3 Å². The van der Waals surface area contributed by atoms with Crippen molar-refractivity contribution >= 4 is 28.8 Å². The van der Waals surface area contributed by atoms with Crippen molar-refractivity contribution in [3.63, 3.8) is 0 Å². The van der Waals surface area contributed by atoms with Crippen LogP contribution in [0, 0.1) is 5.92 Å². The smallest absolute Gasteiger partial charge is 0.315 e. The molecule has 0 N–H and O–H groups in total. The van der Waals surface area contributed by atoms with Gasteiger partial charge >= 0.3 is 5.97 Å². The number of Topliss-reactive ketones (excluding diaryl/α,β-unsaturated/α-hetero) is 1. The molecule has 1 aliphatic carbocycles. The van der Waals surface area contributed by atoms with Gasteiger partial charge < -0.3 is 9.47 Å². The quantitative estimate of drug-likeness (QED) is 0.597. The van der Waals surface area contributed by atoms with Crippen LogP contribution in [0.2, 0.25) is 0 Å². The third kappa shape index (κ3) is 4.09. The van der Waals surface area contributed by atoms with E-state index in [1.165, 1.54) is 0 Å². The monoisotopic (exact) mass is 437 g/mol. The van der Waals surface area contributed by atoms with E-state index in [9.17, 15) is 9.59 Å². The minimum absolute atomic E-state index is 0.00195. The molecule has 0 spiro atoms. The van der Waals surface area contributed by atoms with E-state index in [2.05, 4.69) is 0 Å². The van der Waals surface area contributed by atoms with Crippen molar-refractivity contribution in [3.8, 4) is 5.75 Å². The second kappa shape index (κ2) is 8.79. The van der Waals surface area contributed by atoms with Gasteiger partial charge in [0.15, 0.2) is 5.78 Å². The SMILES string of the molecule is COc1ccccc1C1CC(=O)C2=C(C1)N=C(C)C(C(=O)OC(C)C)C2c1cccs1. The van der Waals surface area contributed by atoms with Crippen LogP contribution in [0.15, 0.2) is 58.0 Å². The molecule has 3 atom stereocenters. The number of methoxy groups -OCH3 is 1. The lowest BCUT2D eigenvalue weighted by atomic mass is 9.71. The number of hydrogen-bond acceptors (Lipinski definition) is 6. The molecule has 1 aromatic carbocycles. The summed E-state index contributed by atoms with van der Waals surface area (Å²) in [6.07, 6.45) is 0.797. The molecule has 0 bridgehead atoms. The van der Waals surface area contributed by atoms with E-state index >= 15 is 0 Å². The molecule has 2 aromatic rings. The first-order chi connectivity index (χ1) is 14.9. The van der Waals surface area contributed by atoms with Crippen LogP contribution >= 0.6 is 11.3 Å². The van der Waals surface area contributed by atoms with Crippen molar-refractivity contribution in [1.82, 2.24) is 0 Å². The molecule has 1 aromatic heterocycles. The number of benzene rings is 1. The number of allylic oxidation sites excluding steroid dienone is 2. The zero-order valence-corrected chi connectivity index (χ0v) is 19.1. The molecule has 0 saturated carbocycles.